The fraction of sp³-hybridized carbons (Fsp3) is 0.375. The molecule has 58 valence electrons. The van der Waals surface area contributed by atoms with Gasteiger partial charge in [0.15, 0.2) is 0 Å². The Morgan fingerprint density at radius 1 is 1.64 bits per heavy atom. The molecular formula is C8H11BO2. The van der Waals surface area contributed by atoms with E-state index in [1.54, 1.807) is 19.1 Å². The molecule has 1 N–H and O–H groups in total. The Labute approximate surface area is 68.0 Å². The molecule has 0 aromatic rings. The van der Waals surface area contributed by atoms with E-state index in [4.69, 9.17) is 13.0 Å². The molecule has 0 aliphatic rings. The number of aliphatic hydroxyl groups is 1. The molecule has 0 aromatic carbocycles. The summed E-state index contributed by atoms with van der Waals surface area (Å²) in [6, 6.07) is 0. The maximum absolute atomic E-state index is 10.6. The van der Waals surface area contributed by atoms with Gasteiger partial charge >= 0.3 is 0 Å². The summed E-state index contributed by atoms with van der Waals surface area (Å²) in [6.45, 7) is 1.71. The maximum Gasteiger partial charge on any atom is 0.128 e. The minimum Gasteiger partial charge on any atom is -0.508 e. The zero-order valence-electron chi connectivity index (χ0n) is 6.58. The van der Waals surface area contributed by atoms with Gasteiger partial charge in [0.25, 0.3) is 0 Å². The molecule has 0 bridgehead atoms. The van der Waals surface area contributed by atoms with E-state index in [1.807, 2.05) is 0 Å². The lowest BCUT2D eigenvalue weighted by Crippen LogP contribution is -1.92. The average molecular weight is 150 g/mol. The highest BCUT2D eigenvalue weighted by Crippen LogP contribution is 1.94. The molecule has 0 heterocycles. The number of aliphatic hydroxyl groups excluding tert-OH is 1. The standard InChI is InChI=1S/C8H11BO2/c1-2-7(10)4-3-5-8(11)6-9/h2-4,10H,5-6H2,1H3/b4-3-,7-2+. The first kappa shape index (κ1) is 10.0. The van der Waals surface area contributed by atoms with Crippen molar-refractivity contribution in [2.45, 2.75) is 19.7 Å². The van der Waals surface area contributed by atoms with E-state index >= 15 is 0 Å². The second-order valence-electron chi connectivity index (χ2n) is 2.06. The third kappa shape index (κ3) is 5.46. The van der Waals surface area contributed by atoms with Crippen molar-refractivity contribution in [3.8, 4) is 0 Å². The van der Waals surface area contributed by atoms with Crippen molar-refractivity contribution in [3.63, 3.8) is 0 Å². The first-order valence-electron chi connectivity index (χ1n) is 3.44. The van der Waals surface area contributed by atoms with E-state index in [9.17, 15) is 4.79 Å². The molecule has 0 aromatic heterocycles. The van der Waals surface area contributed by atoms with E-state index in [0.717, 1.165) is 0 Å². The van der Waals surface area contributed by atoms with Gasteiger partial charge in [-0.05, 0) is 25.4 Å². The van der Waals surface area contributed by atoms with E-state index in [1.165, 1.54) is 6.08 Å². The summed E-state index contributed by atoms with van der Waals surface area (Å²) in [6.07, 6.45) is 4.96. The number of carbonyl (C=O) groups is 1. The quantitative estimate of drug-likeness (QED) is 0.375. The predicted octanol–water partition coefficient (Wildman–Crippen LogP) is 1.55. The Balaban J connectivity index is 3.69. The minimum atomic E-state index is -0.0369. The van der Waals surface area contributed by atoms with Gasteiger partial charge in [-0.2, -0.15) is 0 Å². The molecule has 0 amide bonds. The Morgan fingerprint density at radius 3 is 2.73 bits per heavy atom. The van der Waals surface area contributed by atoms with E-state index in [0.29, 0.717) is 0 Å². The van der Waals surface area contributed by atoms with Crippen LogP contribution in [-0.2, 0) is 4.79 Å². The van der Waals surface area contributed by atoms with Crippen molar-refractivity contribution in [2.24, 2.45) is 0 Å². The van der Waals surface area contributed by atoms with Crippen LogP contribution in [0, 0.1) is 0 Å². The van der Waals surface area contributed by atoms with Crippen LogP contribution in [0.3, 0.4) is 0 Å². The summed E-state index contributed by atoms with van der Waals surface area (Å²) in [7, 11) is 5.06. The Bertz CT molecular complexity index is 183. The number of carbonyl (C=O) groups excluding carboxylic acids is 1. The average Bonchev–Trinajstić information content (AvgIpc) is 2.04. The highest BCUT2D eigenvalue weighted by molar-refractivity contribution is 6.20. The first-order valence-corrected chi connectivity index (χ1v) is 3.44. The fourth-order valence-corrected chi connectivity index (χ4v) is 0.491. The monoisotopic (exact) mass is 150 g/mol. The molecule has 2 nitrogen and oxygen atoms in total. The van der Waals surface area contributed by atoms with Crippen LogP contribution in [0.25, 0.3) is 0 Å². The zero-order chi connectivity index (χ0) is 8.69. The van der Waals surface area contributed by atoms with Gasteiger partial charge in [-0.15, -0.1) is 0 Å². The molecule has 0 atom stereocenters. The van der Waals surface area contributed by atoms with Crippen molar-refractivity contribution in [2.75, 3.05) is 0 Å². The van der Waals surface area contributed by atoms with Gasteiger partial charge in [-0.3, -0.25) is 0 Å². The van der Waals surface area contributed by atoms with Crippen LogP contribution in [0.2, 0.25) is 6.32 Å². The summed E-state index contributed by atoms with van der Waals surface area (Å²) in [5.41, 5.74) is 0. The van der Waals surface area contributed by atoms with Gasteiger partial charge in [0.1, 0.15) is 11.5 Å². The zero-order valence-corrected chi connectivity index (χ0v) is 6.58. The van der Waals surface area contributed by atoms with Crippen LogP contribution < -0.4 is 0 Å². The highest BCUT2D eigenvalue weighted by atomic mass is 16.3. The second kappa shape index (κ2) is 5.77. The van der Waals surface area contributed by atoms with Crippen LogP contribution >= 0.6 is 0 Å². The summed E-state index contributed by atoms with van der Waals surface area (Å²) >= 11 is 0. The minimum absolute atomic E-state index is 0.0369. The van der Waals surface area contributed by atoms with Crippen LogP contribution in [0.15, 0.2) is 24.0 Å². The lowest BCUT2D eigenvalue weighted by molar-refractivity contribution is -0.116. The van der Waals surface area contributed by atoms with Gasteiger partial charge in [-0.25, -0.2) is 0 Å². The molecule has 0 saturated heterocycles. The van der Waals surface area contributed by atoms with Crippen molar-refractivity contribution in [1.29, 1.82) is 0 Å². The van der Waals surface area contributed by atoms with Gasteiger partial charge in [-0.1, -0.05) is 6.08 Å². The summed E-state index contributed by atoms with van der Waals surface area (Å²) in [5, 5.41) is 8.88. The number of hydrogen-bond donors (Lipinski definition) is 1. The highest BCUT2D eigenvalue weighted by Gasteiger charge is 1.91. The van der Waals surface area contributed by atoms with Crippen molar-refractivity contribution in [1.82, 2.24) is 0 Å². The third-order valence-electron chi connectivity index (χ3n) is 1.16. The Hall–Kier alpha value is -0.985. The molecule has 3 heteroatoms. The predicted molar refractivity (Wildman–Crippen MR) is 45.7 cm³/mol. The molecule has 0 rings (SSSR count). The summed E-state index contributed by atoms with van der Waals surface area (Å²) in [4.78, 5) is 10.6. The molecule has 0 fully saturated rings. The molecule has 0 saturated carbocycles. The van der Waals surface area contributed by atoms with Crippen LogP contribution in [0.5, 0.6) is 0 Å². The first-order chi connectivity index (χ1) is 5.20. The third-order valence-corrected chi connectivity index (χ3v) is 1.16. The molecule has 0 aliphatic carbocycles. The lowest BCUT2D eigenvalue weighted by Gasteiger charge is -1.89. The van der Waals surface area contributed by atoms with Gasteiger partial charge in [0.2, 0.25) is 0 Å². The van der Waals surface area contributed by atoms with Crippen LogP contribution in [-0.4, -0.2) is 18.7 Å². The van der Waals surface area contributed by atoms with Crippen LogP contribution in [0.1, 0.15) is 13.3 Å². The van der Waals surface area contributed by atoms with Gasteiger partial charge in [0.05, 0.1) is 7.85 Å². The SMILES string of the molecule is [B]CC(=O)C/C=C\C(O)=C/C. The number of hydrogen-bond acceptors (Lipinski definition) is 2. The summed E-state index contributed by atoms with van der Waals surface area (Å²) in [5.74, 6) is 0.125. The molecule has 0 unspecified atom stereocenters. The number of ketones is 1. The number of allylic oxidation sites excluding steroid dienone is 3. The van der Waals surface area contributed by atoms with Gasteiger partial charge in [0, 0.05) is 6.42 Å². The van der Waals surface area contributed by atoms with E-state index in [2.05, 4.69) is 0 Å². The molecule has 0 spiro atoms. The van der Waals surface area contributed by atoms with Crippen molar-refractivity contribution >= 4 is 13.6 Å². The topological polar surface area (TPSA) is 37.3 Å². The molecular weight excluding hydrogens is 139 g/mol. The Morgan fingerprint density at radius 2 is 2.27 bits per heavy atom. The Kier molecular flexibility index (Phi) is 5.26. The normalized spacial score (nSPS) is 12.3. The molecule has 2 radical (unpaired) electrons. The van der Waals surface area contributed by atoms with Crippen molar-refractivity contribution in [3.05, 3.63) is 24.0 Å². The fourth-order valence-electron chi connectivity index (χ4n) is 0.491. The second-order valence-corrected chi connectivity index (χ2v) is 2.06. The molecule has 0 aliphatic heterocycles. The van der Waals surface area contributed by atoms with Gasteiger partial charge < -0.3 is 9.90 Å². The number of rotatable bonds is 4. The van der Waals surface area contributed by atoms with E-state index < -0.39 is 0 Å². The van der Waals surface area contributed by atoms with Crippen molar-refractivity contribution < 1.29 is 9.90 Å². The number of Topliss-reactive ketones (excluding diaryl/α,β-unsaturated/α-hetero) is 1. The van der Waals surface area contributed by atoms with E-state index in [-0.39, 0.29) is 24.3 Å². The summed E-state index contributed by atoms with van der Waals surface area (Å²) < 4.78 is 0. The molecule has 11 heavy (non-hydrogen) atoms. The lowest BCUT2D eigenvalue weighted by atomic mass is 9.99. The largest absolute Gasteiger partial charge is 0.508 e. The smallest absolute Gasteiger partial charge is 0.128 e. The van der Waals surface area contributed by atoms with Crippen LogP contribution in [0.4, 0.5) is 0 Å². The maximum atomic E-state index is 10.6.